The maximum absolute atomic E-state index is 13.1. The fourth-order valence-electron chi connectivity index (χ4n) is 8.26. The van der Waals surface area contributed by atoms with Gasteiger partial charge < -0.3 is 45.5 Å². The minimum absolute atomic E-state index is 0.0250. The Labute approximate surface area is 384 Å². The van der Waals surface area contributed by atoms with Crippen molar-refractivity contribution in [2.24, 2.45) is 0 Å². The Hall–Kier alpha value is -7.00. The minimum atomic E-state index is -0.882. The number of hydrogen-bond acceptors (Lipinski definition) is 10. The molecule has 0 spiro atoms. The number of pyridine rings is 1. The van der Waals surface area contributed by atoms with Crippen LogP contribution in [0.2, 0.25) is 0 Å². The number of aromatic amines is 1. The number of hydrogen-bond donors (Lipinski definition) is 7. The van der Waals surface area contributed by atoms with Gasteiger partial charge in [0.15, 0.2) is 0 Å². The lowest BCUT2D eigenvalue weighted by atomic mass is 10.0. The molecule has 5 aromatic carbocycles. The fourth-order valence-corrected chi connectivity index (χ4v) is 8.26. The molecule has 66 heavy (non-hydrogen) atoms. The summed E-state index contributed by atoms with van der Waals surface area (Å²) >= 11 is 0. The van der Waals surface area contributed by atoms with E-state index >= 15 is 0 Å². The van der Waals surface area contributed by atoms with Gasteiger partial charge in [-0.2, -0.15) is 0 Å². The molecule has 1 aromatic heterocycles. The number of nitrogens with one attached hydrogen (secondary N) is 5. The lowest BCUT2D eigenvalue weighted by Gasteiger charge is -2.31. The molecule has 2 heterocycles. The van der Waals surface area contributed by atoms with Gasteiger partial charge in [0, 0.05) is 74.3 Å². The van der Waals surface area contributed by atoms with E-state index in [0.717, 1.165) is 46.5 Å². The van der Waals surface area contributed by atoms with E-state index in [1.165, 1.54) is 12.1 Å². The van der Waals surface area contributed by atoms with Gasteiger partial charge in [0.2, 0.25) is 17.4 Å². The van der Waals surface area contributed by atoms with E-state index in [-0.39, 0.29) is 53.8 Å². The Morgan fingerprint density at radius 2 is 1.50 bits per heavy atom. The standard InChI is InChI=1S/C52H58N6O8/c1-34(53-33-46(60)42-17-19-45(59)51-43(42)18-21-49(62)57-51)28-37-16-20-47(65-2)39(29-37)30-50(63)55-32-36-14-12-35(13-15-36)31-54-48(61)24-27-58-25-22-40(23-26-58)66-52(64)56-44-11-7-6-10-41(44)38-8-4-3-5-9-38/h3-21,29,34,40,46,53,59-60H,22-28,30-33H2,1-2H3,(H,54,61)(H,55,63)(H,56,64)(H,57,62)/t34?,46-/m1/s1. The number of carbonyl (C=O) groups excluding carboxylic acids is 3. The molecule has 344 valence electrons. The molecule has 1 unspecified atom stereocenters. The van der Waals surface area contributed by atoms with E-state index in [4.69, 9.17) is 9.47 Å². The third-order valence-electron chi connectivity index (χ3n) is 11.9. The Morgan fingerprint density at radius 3 is 2.23 bits per heavy atom. The van der Waals surface area contributed by atoms with Gasteiger partial charge in [0.25, 0.3) is 0 Å². The van der Waals surface area contributed by atoms with Crippen LogP contribution in [-0.4, -0.2) is 83.4 Å². The number of likely N-dealkylation sites (tertiary alicyclic amines) is 1. The zero-order chi connectivity index (χ0) is 46.4. The van der Waals surface area contributed by atoms with Crippen molar-refractivity contribution < 1.29 is 34.1 Å². The van der Waals surface area contributed by atoms with Crippen LogP contribution in [0.5, 0.6) is 11.5 Å². The Bertz CT molecular complexity index is 2650. The predicted molar refractivity (Wildman–Crippen MR) is 255 cm³/mol. The topological polar surface area (TPSA) is 194 Å². The van der Waals surface area contributed by atoms with Crippen LogP contribution in [0.15, 0.2) is 126 Å². The van der Waals surface area contributed by atoms with E-state index in [1.807, 2.05) is 104 Å². The first-order valence-corrected chi connectivity index (χ1v) is 22.4. The minimum Gasteiger partial charge on any atom is -0.506 e. The molecule has 1 fully saturated rings. The SMILES string of the molecule is COc1ccc(CC(C)NC[C@@H](O)c2ccc(O)c3[nH]c(=O)ccc23)cc1CC(=O)NCc1ccc(CNC(=O)CCN2CCC(OC(=O)Nc3ccccc3-c3ccccc3)CC2)cc1. The molecule has 2 atom stereocenters. The summed E-state index contributed by atoms with van der Waals surface area (Å²) in [5.74, 6) is 0.367. The van der Waals surface area contributed by atoms with Crippen LogP contribution < -0.4 is 31.6 Å². The van der Waals surface area contributed by atoms with Crippen LogP contribution in [0.4, 0.5) is 10.5 Å². The number of aliphatic hydroxyl groups excluding tert-OH is 1. The number of carbonyl (C=O) groups is 3. The highest BCUT2D eigenvalue weighted by Gasteiger charge is 2.23. The molecule has 0 aliphatic carbocycles. The van der Waals surface area contributed by atoms with Crippen LogP contribution in [0.1, 0.15) is 60.1 Å². The van der Waals surface area contributed by atoms with Gasteiger partial charge in [-0.3, -0.25) is 19.7 Å². The van der Waals surface area contributed by atoms with Gasteiger partial charge in [-0.25, -0.2) is 4.79 Å². The number of piperidine rings is 1. The van der Waals surface area contributed by atoms with Crippen molar-refractivity contribution in [2.75, 3.05) is 38.6 Å². The number of H-pyrrole nitrogens is 1. The first-order chi connectivity index (χ1) is 32.0. The number of aromatic hydroxyl groups is 1. The summed E-state index contributed by atoms with van der Waals surface area (Å²) in [5.41, 5.74) is 6.82. The van der Waals surface area contributed by atoms with Gasteiger partial charge in [-0.1, -0.05) is 91.0 Å². The molecule has 1 aliphatic heterocycles. The number of methoxy groups -OCH3 is 1. The van der Waals surface area contributed by atoms with Crippen LogP contribution in [0.25, 0.3) is 22.0 Å². The van der Waals surface area contributed by atoms with Crippen molar-refractivity contribution in [3.05, 3.63) is 159 Å². The number of amides is 3. The lowest BCUT2D eigenvalue weighted by molar-refractivity contribution is -0.122. The first kappa shape index (κ1) is 47.0. The second kappa shape index (κ2) is 22.8. The average Bonchev–Trinajstić information content (AvgIpc) is 3.33. The number of para-hydroxylation sites is 1. The number of phenolic OH excluding ortho intramolecular Hbond substituents is 1. The molecule has 7 N–H and O–H groups in total. The van der Waals surface area contributed by atoms with Crippen molar-refractivity contribution in [1.82, 2.24) is 25.8 Å². The van der Waals surface area contributed by atoms with Crippen molar-refractivity contribution in [2.45, 2.75) is 70.4 Å². The monoisotopic (exact) mass is 894 g/mol. The Kier molecular flexibility index (Phi) is 16.2. The van der Waals surface area contributed by atoms with E-state index < -0.39 is 12.2 Å². The van der Waals surface area contributed by atoms with Crippen molar-refractivity contribution in [1.29, 1.82) is 0 Å². The normalized spacial score (nSPS) is 14.0. The Morgan fingerprint density at radius 1 is 0.818 bits per heavy atom. The average molecular weight is 895 g/mol. The molecule has 14 heteroatoms. The summed E-state index contributed by atoms with van der Waals surface area (Å²) < 4.78 is 11.3. The van der Waals surface area contributed by atoms with Crippen LogP contribution in [0, 0.1) is 0 Å². The number of ether oxygens (including phenoxy) is 2. The maximum atomic E-state index is 13.1. The van der Waals surface area contributed by atoms with Gasteiger partial charge in [0.1, 0.15) is 17.6 Å². The largest absolute Gasteiger partial charge is 0.506 e. The summed E-state index contributed by atoms with van der Waals surface area (Å²) in [4.78, 5) is 55.3. The highest BCUT2D eigenvalue weighted by Crippen LogP contribution is 2.30. The summed E-state index contributed by atoms with van der Waals surface area (Å²) in [6, 6.07) is 37.1. The van der Waals surface area contributed by atoms with Crippen molar-refractivity contribution in [3.63, 3.8) is 0 Å². The van der Waals surface area contributed by atoms with Gasteiger partial charge in [0.05, 0.1) is 30.8 Å². The van der Waals surface area contributed by atoms with Crippen LogP contribution in [-0.2, 0) is 40.3 Å². The molecule has 6 aromatic rings. The zero-order valence-electron chi connectivity index (χ0n) is 37.3. The number of anilines is 1. The number of phenols is 1. The first-order valence-electron chi connectivity index (χ1n) is 22.4. The second-order valence-corrected chi connectivity index (χ2v) is 16.7. The quantitative estimate of drug-likeness (QED) is 0.0458. The van der Waals surface area contributed by atoms with Gasteiger partial charge >= 0.3 is 6.09 Å². The second-order valence-electron chi connectivity index (χ2n) is 16.7. The summed E-state index contributed by atoms with van der Waals surface area (Å²) in [7, 11) is 1.58. The number of rotatable bonds is 19. The third-order valence-corrected chi connectivity index (χ3v) is 11.9. The third kappa shape index (κ3) is 13.1. The lowest BCUT2D eigenvalue weighted by Crippen LogP contribution is -2.40. The number of fused-ring (bicyclic) bond motifs is 1. The van der Waals surface area contributed by atoms with Crippen LogP contribution in [0.3, 0.4) is 0 Å². The molecule has 7 rings (SSSR count). The highest BCUT2D eigenvalue weighted by molar-refractivity contribution is 5.91. The maximum Gasteiger partial charge on any atom is 0.411 e. The molecular formula is C52H58N6O8. The van der Waals surface area contributed by atoms with E-state index in [9.17, 15) is 29.4 Å². The summed E-state index contributed by atoms with van der Waals surface area (Å²) in [6.07, 6.45) is 0.990. The molecule has 1 aliphatic rings. The molecule has 0 radical (unpaired) electrons. The summed E-state index contributed by atoms with van der Waals surface area (Å²) in [5, 5.41) is 34.1. The molecule has 0 bridgehead atoms. The van der Waals surface area contributed by atoms with Gasteiger partial charge in [-0.05, 0) is 78.3 Å². The number of aromatic nitrogens is 1. The molecular weight excluding hydrogens is 837 g/mol. The highest BCUT2D eigenvalue weighted by atomic mass is 16.6. The predicted octanol–water partition coefficient (Wildman–Crippen LogP) is 6.74. The van der Waals surface area contributed by atoms with Crippen LogP contribution >= 0.6 is 0 Å². The van der Waals surface area contributed by atoms with E-state index in [1.54, 1.807) is 19.2 Å². The van der Waals surface area contributed by atoms with E-state index in [0.29, 0.717) is 67.7 Å². The number of aliphatic hydroxyl groups is 1. The van der Waals surface area contributed by atoms with Crippen molar-refractivity contribution in [3.8, 4) is 22.6 Å². The summed E-state index contributed by atoms with van der Waals surface area (Å²) in [6.45, 7) is 5.10. The molecule has 3 amide bonds. The molecule has 0 saturated carbocycles. The number of benzene rings is 5. The van der Waals surface area contributed by atoms with Gasteiger partial charge in [-0.15, -0.1) is 0 Å². The zero-order valence-corrected chi connectivity index (χ0v) is 37.3. The number of nitrogens with zero attached hydrogens (tertiary/aromatic N) is 1. The molecule has 1 saturated heterocycles. The smallest absolute Gasteiger partial charge is 0.411 e. The fraction of sp³-hybridized carbons (Fsp3) is 0.308. The van der Waals surface area contributed by atoms with E-state index in [2.05, 4.69) is 31.2 Å². The van der Waals surface area contributed by atoms with Crippen molar-refractivity contribution >= 4 is 34.5 Å². The Balaban J connectivity index is 0.784. The molecule has 14 nitrogen and oxygen atoms in total.